The molecule has 4 heterocycles. The number of methoxy groups -OCH3 is 1. The molecule has 35 heavy (non-hydrogen) atoms. The highest BCUT2D eigenvalue weighted by atomic mass is 32.2. The van der Waals surface area contributed by atoms with Gasteiger partial charge in [0, 0.05) is 43.5 Å². The van der Waals surface area contributed by atoms with E-state index in [9.17, 15) is 9.90 Å². The first kappa shape index (κ1) is 23.9. The third-order valence-corrected chi connectivity index (χ3v) is 7.79. The van der Waals surface area contributed by atoms with Gasteiger partial charge in [-0.15, -0.1) is 11.8 Å². The highest BCUT2D eigenvalue weighted by Gasteiger charge is 2.33. The van der Waals surface area contributed by atoms with Gasteiger partial charge in [0.15, 0.2) is 0 Å². The number of aliphatic hydroxyl groups is 1. The van der Waals surface area contributed by atoms with Gasteiger partial charge < -0.3 is 20.5 Å². The SMILES string of the molecule is COc1ccc2nccc([C@@H](O)CN3CC[C@@H](NCC4Sc5cccnc5NC4=O)[C@@H](F)C3)c2c1. The van der Waals surface area contributed by atoms with Crippen LogP contribution < -0.4 is 15.4 Å². The number of likely N-dealkylation sites (tertiary alicyclic amines) is 1. The molecule has 184 valence electrons. The number of carbonyl (C=O) groups excluding carboxylic acids is 1. The van der Waals surface area contributed by atoms with Gasteiger partial charge in [-0.05, 0) is 54.9 Å². The molecule has 2 aliphatic heterocycles. The maximum absolute atomic E-state index is 15.1. The number of aromatic nitrogens is 2. The lowest BCUT2D eigenvalue weighted by Crippen LogP contribution is -2.53. The van der Waals surface area contributed by atoms with Crippen LogP contribution in [0.15, 0.2) is 53.7 Å². The first-order valence-corrected chi connectivity index (χ1v) is 12.5. The van der Waals surface area contributed by atoms with E-state index in [0.29, 0.717) is 37.6 Å². The minimum atomic E-state index is -1.10. The van der Waals surface area contributed by atoms with E-state index in [0.717, 1.165) is 21.4 Å². The molecule has 0 spiro atoms. The van der Waals surface area contributed by atoms with Crippen molar-refractivity contribution in [3.63, 3.8) is 0 Å². The van der Waals surface area contributed by atoms with Crippen LogP contribution in [0.4, 0.5) is 10.2 Å². The lowest BCUT2D eigenvalue weighted by Gasteiger charge is -2.37. The van der Waals surface area contributed by atoms with Crippen molar-refractivity contribution in [3.8, 4) is 5.75 Å². The van der Waals surface area contributed by atoms with Crippen LogP contribution in [-0.2, 0) is 4.79 Å². The Hall–Kier alpha value is -2.79. The summed E-state index contributed by atoms with van der Waals surface area (Å²) < 4.78 is 20.4. The van der Waals surface area contributed by atoms with Crippen LogP contribution >= 0.6 is 11.8 Å². The number of halogens is 1. The first-order valence-electron chi connectivity index (χ1n) is 11.6. The molecule has 3 N–H and O–H groups in total. The number of nitrogens with one attached hydrogen (secondary N) is 2. The summed E-state index contributed by atoms with van der Waals surface area (Å²) in [5.41, 5.74) is 1.52. The Morgan fingerprint density at radius 1 is 1.31 bits per heavy atom. The highest BCUT2D eigenvalue weighted by molar-refractivity contribution is 8.01. The molecule has 0 aliphatic carbocycles. The highest BCUT2D eigenvalue weighted by Crippen LogP contribution is 2.34. The number of pyridine rings is 2. The second kappa shape index (κ2) is 10.4. The minimum Gasteiger partial charge on any atom is -0.497 e. The predicted octanol–water partition coefficient (Wildman–Crippen LogP) is 2.79. The van der Waals surface area contributed by atoms with Crippen LogP contribution in [0.2, 0.25) is 0 Å². The molecular weight excluding hydrogens is 469 g/mol. The largest absolute Gasteiger partial charge is 0.497 e. The average molecular weight is 498 g/mol. The topological polar surface area (TPSA) is 99.6 Å². The molecule has 0 bridgehead atoms. The van der Waals surface area contributed by atoms with Gasteiger partial charge in [0.25, 0.3) is 0 Å². The zero-order valence-corrected chi connectivity index (χ0v) is 20.2. The summed E-state index contributed by atoms with van der Waals surface area (Å²) in [7, 11) is 1.60. The second-order valence-electron chi connectivity index (χ2n) is 8.82. The van der Waals surface area contributed by atoms with E-state index in [1.165, 1.54) is 11.8 Å². The van der Waals surface area contributed by atoms with Crippen LogP contribution in [-0.4, -0.2) is 76.6 Å². The Morgan fingerprint density at radius 3 is 3.03 bits per heavy atom. The molecule has 2 aromatic heterocycles. The Morgan fingerprint density at radius 2 is 2.20 bits per heavy atom. The third-order valence-electron chi connectivity index (χ3n) is 6.54. The molecule has 5 rings (SSSR count). The lowest BCUT2D eigenvalue weighted by atomic mass is 10.00. The quantitative estimate of drug-likeness (QED) is 0.458. The predicted molar refractivity (Wildman–Crippen MR) is 134 cm³/mol. The van der Waals surface area contributed by atoms with Crippen LogP contribution in [0.3, 0.4) is 0 Å². The Bertz CT molecular complexity index is 1210. The van der Waals surface area contributed by atoms with E-state index < -0.39 is 12.3 Å². The van der Waals surface area contributed by atoms with Crippen molar-refractivity contribution in [2.75, 3.05) is 38.6 Å². The molecule has 2 aliphatic rings. The Labute approximate surface area is 207 Å². The van der Waals surface area contributed by atoms with Gasteiger partial charge in [-0.25, -0.2) is 9.37 Å². The van der Waals surface area contributed by atoms with E-state index in [4.69, 9.17) is 4.74 Å². The van der Waals surface area contributed by atoms with Crippen molar-refractivity contribution in [1.29, 1.82) is 0 Å². The number of carbonyl (C=O) groups is 1. The van der Waals surface area contributed by atoms with Gasteiger partial charge in [-0.1, -0.05) is 0 Å². The van der Waals surface area contributed by atoms with E-state index in [1.807, 2.05) is 35.2 Å². The summed E-state index contributed by atoms with van der Waals surface area (Å²) in [5.74, 6) is 1.15. The number of benzene rings is 1. The molecule has 10 heteroatoms. The molecule has 4 atom stereocenters. The van der Waals surface area contributed by atoms with Gasteiger partial charge >= 0.3 is 0 Å². The fourth-order valence-corrected chi connectivity index (χ4v) is 5.67. The third kappa shape index (κ3) is 5.25. The number of fused-ring (bicyclic) bond motifs is 2. The minimum absolute atomic E-state index is 0.120. The second-order valence-corrected chi connectivity index (χ2v) is 10.1. The van der Waals surface area contributed by atoms with E-state index in [-0.39, 0.29) is 23.7 Å². The van der Waals surface area contributed by atoms with Gasteiger partial charge in [0.2, 0.25) is 5.91 Å². The molecule has 8 nitrogen and oxygen atoms in total. The standard InChI is InChI=1S/C25H28FN5O3S/c1-34-15-4-5-19-17(11-15)16(6-9-27-19)21(32)14-31-10-7-20(18(26)13-31)29-12-23-25(33)30-24-22(35-23)3-2-8-28-24/h2-6,8-9,11,18,20-21,23,29,32H,7,10,12-14H2,1H3,(H,28,30,33)/t18-,20+,21-,23?/m0/s1. The summed E-state index contributed by atoms with van der Waals surface area (Å²) in [4.78, 5) is 23.8. The monoisotopic (exact) mass is 497 g/mol. The molecule has 1 aromatic carbocycles. The number of nitrogens with zero attached hydrogens (tertiary/aromatic N) is 3. The smallest absolute Gasteiger partial charge is 0.240 e. The number of alkyl halides is 1. The van der Waals surface area contributed by atoms with Gasteiger partial charge in [-0.3, -0.25) is 14.7 Å². The number of aliphatic hydroxyl groups excluding tert-OH is 1. The van der Waals surface area contributed by atoms with E-state index >= 15 is 4.39 Å². The summed E-state index contributed by atoms with van der Waals surface area (Å²) in [6.07, 6.45) is 2.03. The van der Waals surface area contributed by atoms with Crippen LogP contribution in [0.5, 0.6) is 5.75 Å². The van der Waals surface area contributed by atoms with Crippen LogP contribution in [0.25, 0.3) is 10.9 Å². The summed E-state index contributed by atoms with van der Waals surface area (Å²) in [5, 5.41) is 17.5. The molecular formula is C25H28FN5O3S. The van der Waals surface area contributed by atoms with Crippen LogP contribution in [0.1, 0.15) is 18.1 Å². The van der Waals surface area contributed by atoms with Crippen molar-refractivity contribution in [3.05, 3.63) is 54.4 Å². The van der Waals surface area contributed by atoms with Crippen LogP contribution in [0, 0.1) is 0 Å². The van der Waals surface area contributed by atoms with Crippen molar-refractivity contribution in [2.45, 2.75) is 34.9 Å². The average Bonchev–Trinajstić information content (AvgIpc) is 2.87. The number of hydrogen-bond donors (Lipinski definition) is 3. The lowest BCUT2D eigenvalue weighted by molar-refractivity contribution is -0.115. The number of hydrogen-bond acceptors (Lipinski definition) is 8. The number of amides is 1. The van der Waals surface area contributed by atoms with E-state index in [2.05, 4.69) is 20.6 Å². The Balaban J connectivity index is 1.16. The molecule has 0 saturated carbocycles. The summed E-state index contributed by atoms with van der Waals surface area (Å²) in [6, 6.07) is 10.8. The maximum Gasteiger partial charge on any atom is 0.240 e. The van der Waals surface area contributed by atoms with E-state index in [1.54, 1.807) is 25.6 Å². The van der Waals surface area contributed by atoms with Gasteiger partial charge in [-0.2, -0.15) is 0 Å². The maximum atomic E-state index is 15.1. The fraction of sp³-hybridized carbons (Fsp3) is 0.400. The molecule has 1 amide bonds. The first-order chi connectivity index (χ1) is 17.0. The number of thioether (sulfide) groups is 1. The summed E-state index contributed by atoms with van der Waals surface area (Å²) in [6.45, 7) is 1.58. The molecule has 0 radical (unpaired) electrons. The number of rotatable bonds is 7. The number of β-amino-alcohol motifs (C(OH)–C–C–N with tert-alkyl or cyclic N) is 1. The zero-order valence-electron chi connectivity index (χ0n) is 19.4. The number of anilines is 1. The summed E-state index contributed by atoms with van der Waals surface area (Å²) >= 11 is 1.45. The van der Waals surface area contributed by atoms with Crippen molar-refractivity contribution in [1.82, 2.24) is 20.2 Å². The molecule has 1 saturated heterocycles. The number of piperidine rings is 1. The van der Waals surface area contributed by atoms with Crippen molar-refractivity contribution in [2.24, 2.45) is 0 Å². The normalized spacial score (nSPS) is 23.5. The fourth-order valence-electron chi connectivity index (χ4n) is 4.65. The number of ether oxygens (including phenoxy) is 1. The van der Waals surface area contributed by atoms with Gasteiger partial charge in [0.05, 0.1) is 23.6 Å². The molecule has 1 unspecified atom stereocenters. The Kier molecular flexibility index (Phi) is 7.14. The zero-order chi connectivity index (χ0) is 24.4. The van der Waals surface area contributed by atoms with Crippen molar-refractivity contribution >= 4 is 34.4 Å². The van der Waals surface area contributed by atoms with Crippen molar-refractivity contribution < 1.29 is 19.0 Å². The molecule has 3 aromatic rings. The van der Waals surface area contributed by atoms with Gasteiger partial charge in [0.1, 0.15) is 23.0 Å². The molecule has 1 fully saturated rings.